The minimum absolute atomic E-state index is 0.164. The largest absolute Gasteiger partial charge is 0.468 e. The summed E-state index contributed by atoms with van der Waals surface area (Å²) in [6.07, 6.45) is -6.06. The van der Waals surface area contributed by atoms with Crippen LogP contribution < -0.4 is 11.1 Å². The van der Waals surface area contributed by atoms with Crippen LogP contribution in [0.5, 0.6) is 0 Å². The topological polar surface area (TPSA) is 81.4 Å². The van der Waals surface area contributed by atoms with Gasteiger partial charge in [-0.1, -0.05) is 0 Å². The van der Waals surface area contributed by atoms with Gasteiger partial charge in [0.15, 0.2) is 0 Å². The molecule has 0 heterocycles. The van der Waals surface area contributed by atoms with Crippen LogP contribution in [-0.2, 0) is 14.3 Å². The number of amides is 1. The Balaban J connectivity index is 2.46. The molecular formula is C10H13F5N2O3. The molecule has 1 amide bonds. The van der Waals surface area contributed by atoms with Crippen LogP contribution in [0.3, 0.4) is 0 Å². The number of carbonyl (C=O) groups excluding carboxylic acids is 2. The van der Waals surface area contributed by atoms with Gasteiger partial charge in [0.25, 0.3) is 0 Å². The zero-order valence-corrected chi connectivity index (χ0v) is 10.4. The fraction of sp³-hybridized carbons (Fsp3) is 0.800. The molecule has 1 fully saturated rings. The van der Waals surface area contributed by atoms with Gasteiger partial charge in [-0.15, -0.1) is 0 Å². The van der Waals surface area contributed by atoms with Gasteiger partial charge in [0.05, 0.1) is 13.7 Å². The molecule has 20 heavy (non-hydrogen) atoms. The molecule has 0 atom stereocenters. The fourth-order valence-electron chi connectivity index (χ4n) is 1.82. The highest BCUT2D eigenvalue weighted by molar-refractivity contribution is 5.88. The summed E-state index contributed by atoms with van der Waals surface area (Å²) < 4.78 is 65.1. The van der Waals surface area contributed by atoms with E-state index in [1.807, 2.05) is 0 Å². The molecule has 0 aliphatic heterocycles. The maximum Gasteiger partial charge on any atom is 0.455 e. The van der Waals surface area contributed by atoms with Crippen molar-refractivity contribution in [2.45, 2.75) is 30.5 Å². The van der Waals surface area contributed by atoms with Crippen molar-refractivity contribution in [1.82, 2.24) is 5.32 Å². The summed E-state index contributed by atoms with van der Waals surface area (Å²) in [6.45, 7) is -1.85. The molecule has 5 nitrogen and oxygen atoms in total. The van der Waals surface area contributed by atoms with Gasteiger partial charge in [-0.25, -0.2) is 0 Å². The van der Waals surface area contributed by atoms with Crippen molar-refractivity contribution in [3.63, 3.8) is 0 Å². The number of alkyl halides is 5. The summed E-state index contributed by atoms with van der Waals surface area (Å²) in [5.74, 6) is -7.65. The molecule has 1 aliphatic rings. The summed E-state index contributed by atoms with van der Waals surface area (Å²) in [5.41, 5.74) is 4.17. The third kappa shape index (κ3) is 3.17. The maximum absolute atomic E-state index is 12.6. The molecule has 1 rings (SSSR count). The second-order valence-electron chi connectivity index (χ2n) is 4.67. The Morgan fingerprint density at radius 3 is 2.20 bits per heavy atom. The second kappa shape index (κ2) is 5.15. The van der Waals surface area contributed by atoms with Gasteiger partial charge >= 0.3 is 18.1 Å². The Morgan fingerprint density at radius 2 is 1.80 bits per heavy atom. The Kier molecular flexibility index (Phi) is 4.28. The number of esters is 1. The van der Waals surface area contributed by atoms with E-state index in [0.29, 0.717) is 0 Å². The highest BCUT2D eigenvalue weighted by Crippen LogP contribution is 2.38. The first-order chi connectivity index (χ1) is 8.93. The Morgan fingerprint density at radius 1 is 1.30 bits per heavy atom. The number of hydrogen-bond acceptors (Lipinski definition) is 4. The van der Waals surface area contributed by atoms with E-state index in [2.05, 4.69) is 4.74 Å². The van der Waals surface area contributed by atoms with Gasteiger partial charge in [0.1, 0.15) is 5.54 Å². The molecule has 10 heteroatoms. The quantitative estimate of drug-likeness (QED) is 0.588. The van der Waals surface area contributed by atoms with E-state index in [4.69, 9.17) is 5.73 Å². The first kappa shape index (κ1) is 16.6. The van der Waals surface area contributed by atoms with E-state index >= 15 is 0 Å². The monoisotopic (exact) mass is 304 g/mol. The maximum atomic E-state index is 12.6. The molecule has 116 valence electrons. The Bertz CT molecular complexity index is 404. The zero-order chi connectivity index (χ0) is 15.8. The lowest BCUT2D eigenvalue weighted by Crippen LogP contribution is -2.62. The molecule has 0 aromatic carbocycles. The predicted octanol–water partition coefficient (Wildman–Crippen LogP) is 0.581. The second-order valence-corrected chi connectivity index (χ2v) is 4.67. The van der Waals surface area contributed by atoms with Gasteiger partial charge in [-0.3, -0.25) is 9.59 Å². The van der Waals surface area contributed by atoms with E-state index in [0.717, 1.165) is 7.11 Å². The lowest BCUT2D eigenvalue weighted by molar-refractivity contribution is -0.278. The van der Waals surface area contributed by atoms with Crippen LogP contribution in [0.4, 0.5) is 22.0 Å². The van der Waals surface area contributed by atoms with Crippen LogP contribution in [0, 0.1) is 5.92 Å². The van der Waals surface area contributed by atoms with Crippen LogP contribution in [0.25, 0.3) is 0 Å². The summed E-state index contributed by atoms with van der Waals surface area (Å²) in [5, 5.41) is 1.51. The molecule has 0 radical (unpaired) electrons. The van der Waals surface area contributed by atoms with E-state index in [1.165, 1.54) is 5.32 Å². The predicted molar refractivity (Wildman–Crippen MR) is 55.7 cm³/mol. The summed E-state index contributed by atoms with van der Waals surface area (Å²) in [6, 6.07) is 0. The summed E-state index contributed by atoms with van der Waals surface area (Å²) >= 11 is 0. The van der Waals surface area contributed by atoms with Gasteiger partial charge in [0, 0.05) is 5.92 Å². The first-order valence-corrected chi connectivity index (χ1v) is 5.52. The highest BCUT2D eigenvalue weighted by atomic mass is 19.4. The first-order valence-electron chi connectivity index (χ1n) is 5.52. The average Bonchev–Trinajstić information content (AvgIpc) is 2.29. The number of ether oxygens (including phenoxy) is 1. The van der Waals surface area contributed by atoms with Gasteiger partial charge < -0.3 is 15.8 Å². The van der Waals surface area contributed by atoms with E-state index in [9.17, 15) is 31.5 Å². The number of nitrogens with one attached hydrogen (secondary N) is 1. The van der Waals surface area contributed by atoms with Crippen molar-refractivity contribution in [2.24, 2.45) is 11.7 Å². The lowest BCUT2D eigenvalue weighted by Gasteiger charge is -2.41. The van der Waals surface area contributed by atoms with Crippen LogP contribution in [0.1, 0.15) is 12.8 Å². The van der Waals surface area contributed by atoms with Crippen LogP contribution in [-0.4, -0.2) is 43.2 Å². The van der Waals surface area contributed by atoms with E-state index in [-0.39, 0.29) is 12.8 Å². The number of hydrogen-bond donors (Lipinski definition) is 2. The van der Waals surface area contributed by atoms with Crippen LogP contribution in [0.2, 0.25) is 0 Å². The summed E-state index contributed by atoms with van der Waals surface area (Å²) in [7, 11) is 1.09. The molecular weight excluding hydrogens is 291 g/mol. The number of halogens is 5. The zero-order valence-electron chi connectivity index (χ0n) is 10.4. The van der Waals surface area contributed by atoms with E-state index in [1.54, 1.807) is 0 Å². The van der Waals surface area contributed by atoms with Crippen LogP contribution in [0.15, 0.2) is 0 Å². The third-order valence-corrected chi connectivity index (χ3v) is 3.08. The Labute approximate surface area is 110 Å². The minimum atomic E-state index is -5.73. The molecule has 1 aliphatic carbocycles. The molecule has 3 N–H and O–H groups in total. The normalized spacial score (nSPS) is 26.6. The molecule has 1 saturated carbocycles. The summed E-state index contributed by atoms with van der Waals surface area (Å²) in [4.78, 5) is 22.6. The number of rotatable bonds is 4. The molecule has 0 unspecified atom stereocenters. The molecule has 0 aromatic rings. The minimum Gasteiger partial charge on any atom is -0.468 e. The Hall–Kier alpha value is -1.45. The smallest absolute Gasteiger partial charge is 0.455 e. The van der Waals surface area contributed by atoms with Crippen molar-refractivity contribution in [3.8, 4) is 0 Å². The molecule has 0 aromatic heterocycles. The molecule has 0 bridgehead atoms. The third-order valence-electron chi connectivity index (χ3n) is 3.08. The van der Waals surface area contributed by atoms with Crippen molar-refractivity contribution < 1.29 is 36.3 Å². The highest BCUT2D eigenvalue weighted by Gasteiger charge is 2.58. The SMILES string of the molecule is COC(=O)C1(N)CC(C(=O)NCC(F)(F)C(F)(F)F)C1. The van der Waals surface area contributed by atoms with Crippen molar-refractivity contribution in [2.75, 3.05) is 13.7 Å². The van der Waals surface area contributed by atoms with Gasteiger partial charge in [0.2, 0.25) is 5.91 Å². The van der Waals surface area contributed by atoms with Gasteiger partial charge in [-0.05, 0) is 12.8 Å². The number of nitrogens with two attached hydrogens (primary N) is 1. The average molecular weight is 304 g/mol. The van der Waals surface area contributed by atoms with Crippen molar-refractivity contribution in [1.29, 1.82) is 0 Å². The number of carbonyl (C=O) groups is 2. The van der Waals surface area contributed by atoms with Crippen LogP contribution >= 0.6 is 0 Å². The number of methoxy groups -OCH3 is 1. The van der Waals surface area contributed by atoms with Crippen molar-refractivity contribution in [3.05, 3.63) is 0 Å². The molecule has 0 saturated heterocycles. The standard InChI is InChI=1S/C10H13F5N2O3/c1-20-7(19)8(16)2-5(3-8)6(18)17-4-9(11,12)10(13,14)15/h5H,2-4,16H2,1H3,(H,17,18). The molecule has 0 spiro atoms. The lowest BCUT2D eigenvalue weighted by atomic mass is 9.68. The van der Waals surface area contributed by atoms with Crippen molar-refractivity contribution >= 4 is 11.9 Å². The fourth-order valence-corrected chi connectivity index (χ4v) is 1.82. The van der Waals surface area contributed by atoms with Gasteiger partial charge in [-0.2, -0.15) is 22.0 Å². The van der Waals surface area contributed by atoms with E-state index < -0.39 is 42.0 Å².